The zero-order valence-corrected chi connectivity index (χ0v) is 17.1. The molecule has 27 heavy (non-hydrogen) atoms. The van der Waals surface area contributed by atoms with Crippen molar-refractivity contribution in [2.45, 2.75) is 40.5 Å². The number of nitrogens with one attached hydrogen (secondary N) is 1. The van der Waals surface area contributed by atoms with Crippen LogP contribution in [0.4, 0.5) is 17.3 Å². The molecule has 0 radical (unpaired) electrons. The van der Waals surface area contributed by atoms with Crippen molar-refractivity contribution in [2.75, 3.05) is 41.8 Å². The molecule has 1 aromatic heterocycles. The van der Waals surface area contributed by atoms with Gasteiger partial charge in [-0.25, -0.2) is 9.97 Å². The maximum atomic E-state index is 12.5. The number of unbranched alkanes of at least 4 members (excludes halogenated alkanes) is 1. The Kier molecular flexibility index (Phi) is 7.58. The molecule has 0 aliphatic carbocycles. The zero-order valence-electron chi connectivity index (χ0n) is 17.1. The highest BCUT2D eigenvalue weighted by molar-refractivity contribution is 6.04. The molecule has 146 valence electrons. The Morgan fingerprint density at radius 3 is 2.33 bits per heavy atom. The number of aryl methyl sites for hydroxylation is 1. The van der Waals surface area contributed by atoms with E-state index in [0.29, 0.717) is 11.5 Å². The highest BCUT2D eigenvalue weighted by atomic mass is 16.1. The molecular formula is C21H31N5O. The van der Waals surface area contributed by atoms with E-state index in [4.69, 9.17) is 0 Å². The van der Waals surface area contributed by atoms with Gasteiger partial charge in [-0.3, -0.25) is 4.79 Å². The Hall–Kier alpha value is -2.63. The van der Waals surface area contributed by atoms with Gasteiger partial charge in [0.1, 0.15) is 0 Å². The molecule has 0 fully saturated rings. The summed E-state index contributed by atoms with van der Waals surface area (Å²) in [5, 5.41) is 2.96. The summed E-state index contributed by atoms with van der Waals surface area (Å²) in [4.78, 5) is 25.5. The van der Waals surface area contributed by atoms with Crippen molar-refractivity contribution in [3.8, 4) is 0 Å². The molecule has 0 aliphatic rings. The van der Waals surface area contributed by atoms with Crippen molar-refractivity contribution in [2.24, 2.45) is 0 Å². The smallest absolute Gasteiger partial charge is 0.258 e. The van der Waals surface area contributed by atoms with Gasteiger partial charge in [0.15, 0.2) is 0 Å². The fourth-order valence-corrected chi connectivity index (χ4v) is 2.90. The predicted molar refractivity (Wildman–Crippen MR) is 113 cm³/mol. The second-order valence-electron chi connectivity index (χ2n) is 6.67. The number of aromatic nitrogens is 2. The summed E-state index contributed by atoms with van der Waals surface area (Å²) in [5.41, 5.74) is 3.46. The van der Waals surface area contributed by atoms with Crippen LogP contribution in [0.1, 0.15) is 49.5 Å². The molecule has 0 atom stereocenters. The lowest BCUT2D eigenvalue weighted by atomic mass is 10.1. The number of anilines is 3. The van der Waals surface area contributed by atoms with Gasteiger partial charge in [-0.1, -0.05) is 13.3 Å². The Balaban J connectivity index is 2.06. The van der Waals surface area contributed by atoms with Gasteiger partial charge in [0.05, 0.1) is 5.56 Å². The van der Waals surface area contributed by atoms with E-state index >= 15 is 0 Å². The van der Waals surface area contributed by atoms with Crippen LogP contribution in [-0.2, 0) is 0 Å². The minimum atomic E-state index is -0.198. The molecule has 1 N–H and O–H groups in total. The number of rotatable bonds is 9. The van der Waals surface area contributed by atoms with Crippen LogP contribution in [0.15, 0.2) is 30.6 Å². The van der Waals surface area contributed by atoms with Gasteiger partial charge in [0, 0.05) is 50.5 Å². The molecule has 2 rings (SSSR count). The van der Waals surface area contributed by atoms with Crippen molar-refractivity contribution < 1.29 is 4.79 Å². The van der Waals surface area contributed by atoms with Gasteiger partial charge in [-0.15, -0.1) is 0 Å². The third-order valence-electron chi connectivity index (χ3n) is 4.68. The molecule has 1 amide bonds. The molecule has 1 heterocycles. The molecule has 0 unspecified atom stereocenters. The van der Waals surface area contributed by atoms with E-state index in [-0.39, 0.29) is 5.91 Å². The molecule has 0 aliphatic heterocycles. The quantitative estimate of drug-likeness (QED) is 0.720. The minimum Gasteiger partial charge on any atom is -0.372 e. The largest absolute Gasteiger partial charge is 0.372 e. The number of carbonyl (C=O) groups is 1. The van der Waals surface area contributed by atoms with Crippen molar-refractivity contribution in [1.82, 2.24) is 9.97 Å². The summed E-state index contributed by atoms with van der Waals surface area (Å²) in [6, 6.07) is 6.09. The number of hydrogen-bond acceptors (Lipinski definition) is 5. The molecule has 6 heteroatoms. The summed E-state index contributed by atoms with van der Waals surface area (Å²) in [5.74, 6) is 0.441. The van der Waals surface area contributed by atoms with E-state index in [1.807, 2.05) is 31.0 Å². The average Bonchev–Trinajstić information content (AvgIpc) is 2.69. The maximum Gasteiger partial charge on any atom is 0.258 e. The molecule has 0 spiro atoms. The molecule has 1 aromatic carbocycles. The van der Waals surface area contributed by atoms with Crippen LogP contribution in [0.2, 0.25) is 0 Å². The summed E-state index contributed by atoms with van der Waals surface area (Å²) < 4.78 is 0. The molecule has 6 nitrogen and oxygen atoms in total. The van der Waals surface area contributed by atoms with E-state index in [1.165, 1.54) is 5.69 Å². The highest BCUT2D eigenvalue weighted by Crippen LogP contribution is 2.23. The minimum absolute atomic E-state index is 0.198. The third-order valence-corrected chi connectivity index (χ3v) is 4.68. The van der Waals surface area contributed by atoms with Crippen LogP contribution in [0.5, 0.6) is 0 Å². The fourth-order valence-electron chi connectivity index (χ4n) is 2.90. The van der Waals surface area contributed by atoms with Crippen LogP contribution >= 0.6 is 0 Å². The fraction of sp³-hybridized carbons (Fsp3) is 0.476. The van der Waals surface area contributed by atoms with Crippen molar-refractivity contribution in [3.05, 3.63) is 41.7 Å². The molecular weight excluding hydrogens is 338 g/mol. The van der Waals surface area contributed by atoms with E-state index in [1.54, 1.807) is 12.4 Å². The molecule has 0 saturated carbocycles. The first-order chi connectivity index (χ1) is 13.0. The van der Waals surface area contributed by atoms with Gasteiger partial charge in [0.25, 0.3) is 5.91 Å². The molecule has 0 saturated heterocycles. The second kappa shape index (κ2) is 9.90. The lowest BCUT2D eigenvalue weighted by Crippen LogP contribution is -2.22. The van der Waals surface area contributed by atoms with Crippen LogP contribution in [0.3, 0.4) is 0 Å². The second-order valence-corrected chi connectivity index (χ2v) is 6.67. The van der Waals surface area contributed by atoms with Gasteiger partial charge in [-0.05, 0) is 51.0 Å². The first-order valence-electron chi connectivity index (χ1n) is 9.70. The van der Waals surface area contributed by atoms with E-state index in [9.17, 15) is 4.79 Å². The number of hydrogen-bond donors (Lipinski definition) is 1. The lowest BCUT2D eigenvalue weighted by molar-refractivity contribution is 0.102. The normalized spacial score (nSPS) is 10.6. The molecule has 2 aromatic rings. The Bertz CT molecular complexity index is 741. The van der Waals surface area contributed by atoms with Crippen molar-refractivity contribution in [3.63, 3.8) is 0 Å². The first-order valence-corrected chi connectivity index (χ1v) is 9.70. The van der Waals surface area contributed by atoms with Crippen LogP contribution in [0.25, 0.3) is 0 Å². The van der Waals surface area contributed by atoms with Crippen LogP contribution in [-0.4, -0.2) is 42.6 Å². The number of amides is 1. The Morgan fingerprint density at radius 2 is 1.78 bits per heavy atom. The summed E-state index contributed by atoms with van der Waals surface area (Å²) in [6.07, 6.45) is 5.38. The first kappa shape index (κ1) is 20.7. The summed E-state index contributed by atoms with van der Waals surface area (Å²) >= 11 is 0. The zero-order chi connectivity index (χ0) is 19.8. The third kappa shape index (κ3) is 5.42. The molecule has 0 bridgehead atoms. The lowest BCUT2D eigenvalue weighted by Gasteiger charge is -2.22. The van der Waals surface area contributed by atoms with E-state index in [2.05, 4.69) is 47.0 Å². The van der Waals surface area contributed by atoms with Crippen LogP contribution in [0, 0.1) is 6.92 Å². The standard InChI is InChI=1S/C21H31N5O/c1-6-9-12-25(5)21-22-14-17(15-23-21)20(27)24-19-11-10-18(13-16(19)4)26(7-2)8-3/h10-11,13-15H,6-9,12H2,1-5H3,(H,24,27). The van der Waals surface area contributed by atoms with E-state index in [0.717, 1.165) is 43.7 Å². The predicted octanol–water partition coefficient (Wildman–Crippen LogP) is 4.12. The van der Waals surface area contributed by atoms with Gasteiger partial charge >= 0.3 is 0 Å². The summed E-state index contributed by atoms with van der Waals surface area (Å²) in [6.45, 7) is 11.2. The van der Waals surface area contributed by atoms with E-state index < -0.39 is 0 Å². The van der Waals surface area contributed by atoms with Gasteiger partial charge in [0.2, 0.25) is 5.95 Å². The maximum absolute atomic E-state index is 12.5. The van der Waals surface area contributed by atoms with Gasteiger partial charge < -0.3 is 15.1 Å². The number of carbonyl (C=O) groups excluding carboxylic acids is 1. The summed E-state index contributed by atoms with van der Waals surface area (Å²) in [7, 11) is 1.96. The number of benzene rings is 1. The van der Waals surface area contributed by atoms with Gasteiger partial charge in [-0.2, -0.15) is 0 Å². The Labute approximate surface area is 162 Å². The van der Waals surface area contributed by atoms with Crippen LogP contribution < -0.4 is 15.1 Å². The van der Waals surface area contributed by atoms with Crippen molar-refractivity contribution in [1.29, 1.82) is 0 Å². The Morgan fingerprint density at radius 1 is 1.11 bits per heavy atom. The highest BCUT2D eigenvalue weighted by Gasteiger charge is 2.12. The topological polar surface area (TPSA) is 61.4 Å². The SMILES string of the molecule is CCCCN(C)c1ncc(C(=O)Nc2ccc(N(CC)CC)cc2C)cn1. The monoisotopic (exact) mass is 369 g/mol. The van der Waals surface area contributed by atoms with Crippen molar-refractivity contribution >= 4 is 23.2 Å². The number of nitrogens with zero attached hydrogens (tertiary/aromatic N) is 4. The average molecular weight is 370 g/mol.